The monoisotopic (exact) mass is 370 g/mol. The van der Waals surface area contributed by atoms with Gasteiger partial charge in [-0.1, -0.05) is 54.1 Å². The first kappa shape index (κ1) is 18.5. The predicted molar refractivity (Wildman–Crippen MR) is 103 cm³/mol. The third kappa shape index (κ3) is 5.33. The molecule has 2 atom stereocenters. The Kier molecular flexibility index (Phi) is 6.29. The molecule has 136 valence electrons. The molecule has 2 aromatic rings. The Morgan fingerprint density at radius 3 is 2.23 bits per heavy atom. The van der Waals surface area contributed by atoms with Crippen LogP contribution in [-0.4, -0.2) is 18.4 Å². The highest BCUT2D eigenvalue weighted by Crippen LogP contribution is 2.38. The first-order valence-electron chi connectivity index (χ1n) is 8.97. The van der Waals surface area contributed by atoms with Crippen molar-refractivity contribution in [2.45, 2.75) is 25.8 Å². The average Bonchev–Trinajstić information content (AvgIpc) is 3.46. The fourth-order valence-electron chi connectivity index (χ4n) is 2.98. The van der Waals surface area contributed by atoms with Gasteiger partial charge in [0.25, 0.3) is 0 Å². The van der Waals surface area contributed by atoms with Gasteiger partial charge in [-0.05, 0) is 42.5 Å². The van der Waals surface area contributed by atoms with Crippen LogP contribution in [0.3, 0.4) is 0 Å². The fraction of sp³-hybridized carbons (Fsp3) is 0.333. The maximum absolute atomic E-state index is 12.2. The molecule has 1 aliphatic carbocycles. The van der Waals surface area contributed by atoms with Gasteiger partial charge in [-0.2, -0.15) is 0 Å². The molecule has 2 amide bonds. The Labute approximate surface area is 158 Å². The molecule has 0 aromatic heterocycles. The molecule has 2 aromatic carbocycles. The number of carbonyl (C=O) groups is 2. The highest BCUT2D eigenvalue weighted by atomic mass is 35.5. The summed E-state index contributed by atoms with van der Waals surface area (Å²) in [5.74, 6) is -0.442. The van der Waals surface area contributed by atoms with Gasteiger partial charge >= 0.3 is 0 Å². The quantitative estimate of drug-likeness (QED) is 0.700. The van der Waals surface area contributed by atoms with Gasteiger partial charge in [0.05, 0.1) is 11.8 Å². The van der Waals surface area contributed by atoms with Gasteiger partial charge in [0.2, 0.25) is 11.8 Å². The maximum atomic E-state index is 12.2. The van der Waals surface area contributed by atoms with Crippen molar-refractivity contribution in [3.05, 3.63) is 70.7 Å². The van der Waals surface area contributed by atoms with E-state index in [1.54, 1.807) is 12.1 Å². The van der Waals surface area contributed by atoms with Crippen molar-refractivity contribution in [1.82, 2.24) is 10.6 Å². The number of aryl methyl sites for hydroxylation is 1. The van der Waals surface area contributed by atoms with Gasteiger partial charge in [-0.3, -0.25) is 9.59 Å². The van der Waals surface area contributed by atoms with E-state index in [0.717, 1.165) is 18.4 Å². The van der Waals surface area contributed by atoms with Gasteiger partial charge < -0.3 is 10.6 Å². The first-order chi connectivity index (χ1) is 12.6. The largest absolute Gasteiger partial charge is 0.356 e. The number of benzene rings is 2. The number of amides is 2. The molecule has 3 rings (SSSR count). The van der Waals surface area contributed by atoms with Crippen molar-refractivity contribution < 1.29 is 9.59 Å². The predicted octanol–water partition coefficient (Wildman–Crippen LogP) is 3.34. The number of rotatable bonds is 8. The SMILES string of the molecule is O=C(NCCCc1ccccc1)C1CC1C(=O)NCc1ccc(Cl)cc1. The summed E-state index contributed by atoms with van der Waals surface area (Å²) in [4.78, 5) is 24.3. The standard InChI is InChI=1S/C21H23ClN2O2/c22-17-10-8-16(9-11-17)14-24-21(26)19-13-18(19)20(25)23-12-4-7-15-5-2-1-3-6-15/h1-3,5-6,8-11,18-19H,4,7,12-14H2,(H,23,25)(H,24,26). The second-order valence-corrected chi connectivity index (χ2v) is 7.11. The lowest BCUT2D eigenvalue weighted by molar-refractivity contribution is -0.127. The molecule has 0 spiro atoms. The summed E-state index contributed by atoms with van der Waals surface area (Å²) < 4.78 is 0. The van der Waals surface area contributed by atoms with Gasteiger partial charge in [0.15, 0.2) is 0 Å². The number of carbonyl (C=O) groups excluding carboxylic acids is 2. The Morgan fingerprint density at radius 1 is 0.885 bits per heavy atom. The van der Waals surface area contributed by atoms with E-state index in [2.05, 4.69) is 22.8 Å². The molecular formula is C21H23ClN2O2. The summed E-state index contributed by atoms with van der Waals surface area (Å²) in [5.41, 5.74) is 2.26. The highest BCUT2D eigenvalue weighted by molar-refractivity contribution is 6.30. The molecule has 0 aliphatic heterocycles. The van der Waals surface area contributed by atoms with Crippen LogP contribution in [0.15, 0.2) is 54.6 Å². The molecule has 0 saturated heterocycles. The molecule has 0 heterocycles. The molecule has 0 radical (unpaired) electrons. The first-order valence-corrected chi connectivity index (χ1v) is 9.35. The Morgan fingerprint density at radius 2 is 1.54 bits per heavy atom. The minimum absolute atomic E-state index is 0.00953. The second-order valence-electron chi connectivity index (χ2n) is 6.67. The molecule has 26 heavy (non-hydrogen) atoms. The Balaban J connectivity index is 1.33. The molecule has 1 saturated carbocycles. The summed E-state index contributed by atoms with van der Waals surface area (Å²) in [6.07, 6.45) is 2.48. The van der Waals surface area contributed by atoms with E-state index in [-0.39, 0.29) is 23.7 Å². The molecule has 2 N–H and O–H groups in total. The summed E-state index contributed by atoms with van der Waals surface area (Å²) in [6.45, 7) is 1.10. The van der Waals surface area contributed by atoms with E-state index in [1.807, 2.05) is 30.3 Å². The third-order valence-electron chi connectivity index (χ3n) is 4.63. The van der Waals surface area contributed by atoms with Crippen LogP contribution in [0, 0.1) is 11.8 Å². The lowest BCUT2D eigenvalue weighted by Gasteiger charge is -2.07. The minimum Gasteiger partial charge on any atom is -0.356 e. The van der Waals surface area contributed by atoms with Gasteiger partial charge in [-0.15, -0.1) is 0 Å². The number of hydrogen-bond donors (Lipinski definition) is 2. The van der Waals surface area contributed by atoms with Crippen molar-refractivity contribution in [2.75, 3.05) is 6.54 Å². The van der Waals surface area contributed by atoms with Crippen LogP contribution >= 0.6 is 11.6 Å². The minimum atomic E-state index is -0.198. The van der Waals surface area contributed by atoms with E-state index >= 15 is 0 Å². The number of hydrogen-bond acceptors (Lipinski definition) is 2. The zero-order valence-electron chi connectivity index (χ0n) is 14.6. The Bertz CT molecular complexity index is 746. The van der Waals surface area contributed by atoms with E-state index in [4.69, 9.17) is 11.6 Å². The summed E-state index contributed by atoms with van der Waals surface area (Å²) in [7, 11) is 0. The van der Waals surface area contributed by atoms with Gasteiger partial charge in [0, 0.05) is 18.1 Å². The van der Waals surface area contributed by atoms with Crippen molar-refractivity contribution in [3.63, 3.8) is 0 Å². The van der Waals surface area contributed by atoms with Crippen LogP contribution in [0.5, 0.6) is 0 Å². The molecule has 1 aliphatic rings. The normalized spacial score (nSPS) is 18.2. The van der Waals surface area contributed by atoms with Gasteiger partial charge in [0.1, 0.15) is 0 Å². The van der Waals surface area contributed by atoms with E-state index in [1.165, 1.54) is 5.56 Å². The summed E-state index contributed by atoms with van der Waals surface area (Å²) >= 11 is 5.84. The van der Waals surface area contributed by atoms with E-state index < -0.39 is 0 Å². The summed E-state index contributed by atoms with van der Waals surface area (Å²) in [6, 6.07) is 17.6. The van der Waals surface area contributed by atoms with Crippen LogP contribution in [0.25, 0.3) is 0 Å². The lowest BCUT2D eigenvalue weighted by Crippen LogP contribution is -2.30. The Hall–Kier alpha value is -2.33. The van der Waals surface area contributed by atoms with Crippen LogP contribution in [0.4, 0.5) is 0 Å². The van der Waals surface area contributed by atoms with E-state index in [9.17, 15) is 9.59 Å². The molecule has 2 unspecified atom stereocenters. The van der Waals surface area contributed by atoms with Crippen LogP contribution < -0.4 is 10.6 Å². The lowest BCUT2D eigenvalue weighted by atomic mass is 10.1. The van der Waals surface area contributed by atoms with Crippen LogP contribution in [0.2, 0.25) is 5.02 Å². The number of nitrogens with one attached hydrogen (secondary N) is 2. The second kappa shape index (κ2) is 8.86. The van der Waals surface area contributed by atoms with Crippen LogP contribution in [0.1, 0.15) is 24.0 Å². The molecule has 5 heteroatoms. The topological polar surface area (TPSA) is 58.2 Å². The smallest absolute Gasteiger partial charge is 0.224 e. The van der Waals surface area contributed by atoms with E-state index in [0.29, 0.717) is 24.5 Å². The fourth-order valence-corrected chi connectivity index (χ4v) is 3.10. The molecule has 4 nitrogen and oxygen atoms in total. The molecule has 0 bridgehead atoms. The number of halogens is 1. The zero-order valence-corrected chi connectivity index (χ0v) is 15.3. The molecule has 1 fully saturated rings. The van der Waals surface area contributed by atoms with Crippen molar-refractivity contribution in [1.29, 1.82) is 0 Å². The highest BCUT2D eigenvalue weighted by Gasteiger charge is 2.47. The zero-order chi connectivity index (χ0) is 18.4. The van der Waals surface area contributed by atoms with Crippen molar-refractivity contribution in [3.8, 4) is 0 Å². The maximum Gasteiger partial charge on any atom is 0.224 e. The van der Waals surface area contributed by atoms with Crippen LogP contribution in [-0.2, 0) is 22.6 Å². The summed E-state index contributed by atoms with van der Waals surface area (Å²) in [5, 5.41) is 6.51. The van der Waals surface area contributed by atoms with Gasteiger partial charge in [-0.25, -0.2) is 0 Å². The third-order valence-corrected chi connectivity index (χ3v) is 4.88. The molecular weight excluding hydrogens is 348 g/mol. The van der Waals surface area contributed by atoms with Crippen molar-refractivity contribution in [2.24, 2.45) is 11.8 Å². The van der Waals surface area contributed by atoms with Crippen molar-refractivity contribution >= 4 is 23.4 Å². The average molecular weight is 371 g/mol.